The van der Waals surface area contributed by atoms with Crippen molar-refractivity contribution in [3.63, 3.8) is 0 Å². The van der Waals surface area contributed by atoms with E-state index >= 15 is 0 Å². The van der Waals surface area contributed by atoms with Crippen LogP contribution in [0.25, 0.3) is 22.5 Å². The van der Waals surface area contributed by atoms with Crippen molar-refractivity contribution in [3.05, 3.63) is 87.2 Å². The molecule has 0 aliphatic carbocycles. The van der Waals surface area contributed by atoms with Crippen LogP contribution in [-0.4, -0.2) is 0 Å². The van der Waals surface area contributed by atoms with Crippen molar-refractivity contribution in [2.45, 2.75) is 6.61 Å². The van der Waals surface area contributed by atoms with E-state index < -0.39 is 0 Å². The Balaban J connectivity index is 1.62. The third-order valence-electron chi connectivity index (χ3n) is 3.78. The summed E-state index contributed by atoms with van der Waals surface area (Å²) in [4.78, 5) is 12.4. The number of benzene rings is 2. The highest BCUT2D eigenvalue weighted by Crippen LogP contribution is 2.25. The normalized spacial score (nSPS) is 10.9. The van der Waals surface area contributed by atoms with Crippen LogP contribution in [0.15, 0.2) is 85.0 Å². The summed E-state index contributed by atoms with van der Waals surface area (Å²) in [7, 11) is 0. The lowest BCUT2D eigenvalue weighted by molar-refractivity contribution is 0.306. The van der Waals surface area contributed by atoms with E-state index in [2.05, 4.69) is 15.9 Å². The molecule has 0 N–H and O–H groups in total. The largest absolute Gasteiger partial charge is 0.489 e. The van der Waals surface area contributed by atoms with Crippen molar-refractivity contribution in [1.82, 2.24) is 0 Å². The Hall–Kier alpha value is -2.79. The van der Waals surface area contributed by atoms with Crippen LogP contribution in [-0.2, 0) is 6.61 Å². The van der Waals surface area contributed by atoms with Crippen LogP contribution in [0.2, 0.25) is 0 Å². The molecule has 0 spiro atoms. The van der Waals surface area contributed by atoms with Crippen molar-refractivity contribution in [2.24, 2.45) is 0 Å². The molecule has 2 aromatic heterocycles. The summed E-state index contributed by atoms with van der Waals surface area (Å²) >= 11 is 3.40. The Morgan fingerprint density at radius 1 is 0.960 bits per heavy atom. The first kappa shape index (κ1) is 15.7. The summed E-state index contributed by atoms with van der Waals surface area (Å²) in [5, 5.41) is 0.476. The van der Waals surface area contributed by atoms with Gasteiger partial charge < -0.3 is 13.6 Å². The van der Waals surface area contributed by atoms with Crippen LogP contribution >= 0.6 is 15.9 Å². The summed E-state index contributed by atoms with van der Waals surface area (Å²) in [5.74, 6) is 1.55. The molecule has 0 amide bonds. The molecule has 0 saturated carbocycles. The minimum atomic E-state index is -0.137. The van der Waals surface area contributed by atoms with Gasteiger partial charge in [-0.1, -0.05) is 28.1 Å². The highest BCUT2D eigenvalue weighted by atomic mass is 79.9. The number of fused-ring (bicyclic) bond motifs is 1. The predicted molar refractivity (Wildman–Crippen MR) is 98.7 cm³/mol. The van der Waals surface area contributed by atoms with E-state index in [9.17, 15) is 4.79 Å². The maximum absolute atomic E-state index is 12.4. The first-order valence-corrected chi connectivity index (χ1v) is 8.47. The molecule has 0 radical (unpaired) electrons. The first-order valence-electron chi connectivity index (χ1n) is 7.68. The Morgan fingerprint density at radius 2 is 1.80 bits per heavy atom. The van der Waals surface area contributed by atoms with E-state index in [1.54, 1.807) is 36.6 Å². The van der Waals surface area contributed by atoms with Gasteiger partial charge in [-0.05, 0) is 48.0 Å². The zero-order valence-corrected chi connectivity index (χ0v) is 14.7. The summed E-state index contributed by atoms with van der Waals surface area (Å²) in [6.07, 6.45) is 1.54. The van der Waals surface area contributed by atoms with Gasteiger partial charge in [-0.25, -0.2) is 0 Å². The molecule has 0 bridgehead atoms. The quantitative estimate of drug-likeness (QED) is 0.463. The fraction of sp³-hybridized carbons (Fsp3) is 0.0500. The van der Waals surface area contributed by atoms with Gasteiger partial charge in [0.05, 0.1) is 11.6 Å². The van der Waals surface area contributed by atoms with Gasteiger partial charge in [-0.15, -0.1) is 0 Å². The third-order valence-corrected chi connectivity index (χ3v) is 4.31. The van der Waals surface area contributed by atoms with Crippen LogP contribution in [0.3, 0.4) is 0 Å². The number of halogens is 1. The van der Waals surface area contributed by atoms with E-state index in [-0.39, 0.29) is 5.43 Å². The number of rotatable bonds is 4. The number of furan rings is 1. The van der Waals surface area contributed by atoms with Gasteiger partial charge in [0.25, 0.3) is 0 Å². The molecule has 4 aromatic rings. The molecule has 2 aromatic carbocycles. The molecule has 0 aliphatic heterocycles. The zero-order chi connectivity index (χ0) is 17.2. The molecule has 0 saturated heterocycles. The van der Waals surface area contributed by atoms with Crippen LogP contribution < -0.4 is 10.2 Å². The minimum absolute atomic E-state index is 0.137. The SMILES string of the molecule is O=c1cc(-c2ccco2)oc2ccc(OCc3ccc(Br)cc3)cc12. The lowest BCUT2D eigenvalue weighted by Gasteiger charge is -2.07. The number of ether oxygens (including phenoxy) is 1. The summed E-state index contributed by atoms with van der Waals surface area (Å²) in [6, 6.07) is 18.0. The molecule has 2 heterocycles. The maximum Gasteiger partial charge on any atom is 0.193 e. The topological polar surface area (TPSA) is 52.6 Å². The second-order valence-electron chi connectivity index (χ2n) is 5.53. The Labute approximate surface area is 151 Å². The molecule has 0 atom stereocenters. The van der Waals surface area contributed by atoms with Crippen LogP contribution in [0.4, 0.5) is 0 Å². The zero-order valence-electron chi connectivity index (χ0n) is 13.1. The first-order chi connectivity index (χ1) is 12.2. The average molecular weight is 397 g/mol. The Morgan fingerprint density at radius 3 is 2.56 bits per heavy atom. The second kappa shape index (κ2) is 6.61. The van der Waals surface area contributed by atoms with Crippen LogP contribution in [0, 0.1) is 0 Å². The Kier molecular flexibility index (Phi) is 4.15. The molecule has 4 nitrogen and oxygen atoms in total. The molecule has 25 heavy (non-hydrogen) atoms. The van der Waals surface area contributed by atoms with E-state index in [1.807, 2.05) is 24.3 Å². The minimum Gasteiger partial charge on any atom is -0.489 e. The highest BCUT2D eigenvalue weighted by molar-refractivity contribution is 9.10. The lowest BCUT2D eigenvalue weighted by Crippen LogP contribution is -2.01. The molecule has 4 rings (SSSR count). The van der Waals surface area contributed by atoms with Gasteiger partial charge in [0.2, 0.25) is 0 Å². The smallest absolute Gasteiger partial charge is 0.193 e. The van der Waals surface area contributed by atoms with Gasteiger partial charge in [0.1, 0.15) is 17.9 Å². The molecule has 0 unspecified atom stereocenters. The number of hydrogen-bond acceptors (Lipinski definition) is 4. The Bertz CT molecular complexity index is 1060. The van der Waals surface area contributed by atoms with Crippen LogP contribution in [0.1, 0.15) is 5.56 Å². The average Bonchev–Trinajstić information content (AvgIpc) is 3.16. The van der Waals surface area contributed by atoms with Crippen molar-refractivity contribution in [2.75, 3.05) is 0 Å². The molecular formula is C20H13BrO4. The highest BCUT2D eigenvalue weighted by Gasteiger charge is 2.10. The van der Waals surface area contributed by atoms with E-state index in [1.165, 1.54) is 6.07 Å². The number of hydrogen-bond donors (Lipinski definition) is 0. The van der Waals surface area contributed by atoms with E-state index in [0.29, 0.717) is 34.8 Å². The fourth-order valence-electron chi connectivity index (χ4n) is 2.51. The molecule has 0 fully saturated rings. The van der Waals surface area contributed by atoms with Crippen LogP contribution in [0.5, 0.6) is 5.75 Å². The second-order valence-corrected chi connectivity index (χ2v) is 6.44. The molecule has 0 aliphatic rings. The lowest BCUT2D eigenvalue weighted by atomic mass is 10.2. The molecular weight excluding hydrogens is 384 g/mol. The van der Waals surface area contributed by atoms with Crippen molar-refractivity contribution in [1.29, 1.82) is 0 Å². The monoisotopic (exact) mass is 396 g/mol. The summed E-state index contributed by atoms with van der Waals surface area (Å²) in [5.41, 5.74) is 1.40. The van der Waals surface area contributed by atoms with Crippen molar-refractivity contribution < 1.29 is 13.6 Å². The summed E-state index contributed by atoms with van der Waals surface area (Å²) in [6.45, 7) is 0.425. The van der Waals surface area contributed by atoms with Crippen molar-refractivity contribution >= 4 is 26.9 Å². The van der Waals surface area contributed by atoms with Gasteiger partial charge in [0, 0.05) is 10.5 Å². The van der Waals surface area contributed by atoms with E-state index in [0.717, 1.165) is 10.0 Å². The maximum atomic E-state index is 12.4. The van der Waals surface area contributed by atoms with Gasteiger partial charge in [-0.2, -0.15) is 0 Å². The predicted octanol–water partition coefficient (Wildman–Crippen LogP) is 5.39. The third kappa shape index (κ3) is 3.37. The van der Waals surface area contributed by atoms with Gasteiger partial charge in [-0.3, -0.25) is 4.79 Å². The van der Waals surface area contributed by atoms with E-state index in [4.69, 9.17) is 13.6 Å². The van der Waals surface area contributed by atoms with Crippen molar-refractivity contribution in [3.8, 4) is 17.3 Å². The van der Waals surface area contributed by atoms with Gasteiger partial charge in [0.15, 0.2) is 16.9 Å². The fourth-order valence-corrected chi connectivity index (χ4v) is 2.78. The standard InChI is InChI=1S/C20H13BrO4/c21-14-5-3-13(4-6-14)12-24-15-7-8-18-16(10-15)17(22)11-20(25-18)19-2-1-9-23-19/h1-11H,12H2. The molecule has 124 valence electrons. The molecule has 5 heteroatoms. The summed E-state index contributed by atoms with van der Waals surface area (Å²) < 4.78 is 17.8. The van der Waals surface area contributed by atoms with Gasteiger partial charge >= 0.3 is 0 Å².